The second kappa shape index (κ2) is 11.1. The fraction of sp³-hybridized carbons (Fsp3) is 0.241. The third-order valence-electron chi connectivity index (χ3n) is 5.31. The molecule has 0 radical (unpaired) electrons. The van der Waals surface area contributed by atoms with Crippen molar-refractivity contribution in [2.45, 2.75) is 33.2 Å². The van der Waals surface area contributed by atoms with Gasteiger partial charge in [0.05, 0.1) is 17.7 Å². The summed E-state index contributed by atoms with van der Waals surface area (Å²) in [5.41, 5.74) is 1.34. The van der Waals surface area contributed by atoms with E-state index < -0.39 is 5.82 Å². The van der Waals surface area contributed by atoms with Crippen LogP contribution in [-0.2, 0) is 4.79 Å². The van der Waals surface area contributed by atoms with Crippen LogP contribution in [0.25, 0.3) is 22.3 Å². The molecule has 2 N–H and O–H groups in total. The lowest BCUT2D eigenvalue weighted by atomic mass is 10.1. The number of nitrogens with one attached hydrogen (secondary N) is 2. The van der Waals surface area contributed by atoms with E-state index in [4.69, 9.17) is 24.7 Å². The average Bonchev–Trinajstić information content (AvgIpc) is 2.87. The molecule has 1 amide bonds. The third-order valence-corrected chi connectivity index (χ3v) is 5.31. The Kier molecular flexibility index (Phi) is 7.72. The lowest BCUT2D eigenvalue weighted by molar-refractivity contribution is -0.124. The standard InChI is InChI=1S/C29H28FN5O3/c1-5-37-22-11-12-25-23(15-22)28(32-20-10-9-19(16-31)24(30)14-20)34-27(33-25)18-7-6-8-21(13-18)38-17-26(36)35-29(2,3)4/h6-15H,5,17H2,1-4H3,(H,35,36)(H,32,33,34). The Morgan fingerprint density at radius 1 is 1.03 bits per heavy atom. The van der Waals surface area contributed by atoms with Crippen LogP contribution in [0.2, 0.25) is 0 Å². The number of anilines is 2. The number of hydrogen-bond acceptors (Lipinski definition) is 7. The highest BCUT2D eigenvalue weighted by Crippen LogP contribution is 2.31. The Hall–Kier alpha value is -4.71. The molecule has 0 aliphatic rings. The van der Waals surface area contributed by atoms with Crippen LogP contribution in [-0.4, -0.2) is 34.6 Å². The van der Waals surface area contributed by atoms with Gasteiger partial charge >= 0.3 is 0 Å². The highest BCUT2D eigenvalue weighted by atomic mass is 19.1. The van der Waals surface area contributed by atoms with Crippen molar-refractivity contribution < 1.29 is 18.7 Å². The van der Waals surface area contributed by atoms with Gasteiger partial charge < -0.3 is 20.1 Å². The van der Waals surface area contributed by atoms with E-state index in [1.54, 1.807) is 24.3 Å². The second-order valence-corrected chi connectivity index (χ2v) is 9.55. The molecule has 8 nitrogen and oxygen atoms in total. The van der Waals surface area contributed by atoms with Gasteiger partial charge in [0, 0.05) is 22.2 Å². The number of amides is 1. The number of nitriles is 1. The molecule has 9 heteroatoms. The summed E-state index contributed by atoms with van der Waals surface area (Å²) < 4.78 is 25.6. The number of carbonyl (C=O) groups excluding carboxylic acids is 1. The molecule has 0 atom stereocenters. The smallest absolute Gasteiger partial charge is 0.258 e. The SMILES string of the molecule is CCOc1ccc2nc(-c3cccc(OCC(=O)NC(C)(C)C)c3)nc(Nc3ccc(C#N)c(F)c3)c2c1. The maximum Gasteiger partial charge on any atom is 0.258 e. The Labute approximate surface area is 220 Å². The summed E-state index contributed by atoms with van der Waals surface area (Å²) in [6.07, 6.45) is 0. The zero-order valence-corrected chi connectivity index (χ0v) is 21.6. The van der Waals surface area contributed by atoms with E-state index in [1.165, 1.54) is 12.1 Å². The highest BCUT2D eigenvalue weighted by molar-refractivity contribution is 5.93. The van der Waals surface area contributed by atoms with Crippen LogP contribution in [0.4, 0.5) is 15.9 Å². The molecule has 4 aromatic rings. The fourth-order valence-electron chi connectivity index (χ4n) is 3.74. The molecule has 0 saturated heterocycles. The van der Waals surface area contributed by atoms with Crippen molar-refractivity contribution in [3.05, 3.63) is 72.0 Å². The number of halogens is 1. The van der Waals surface area contributed by atoms with Crippen LogP contribution < -0.4 is 20.1 Å². The molecule has 1 aromatic heterocycles. The lowest BCUT2D eigenvalue weighted by Crippen LogP contribution is -2.43. The zero-order valence-electron chi connectivity index (χ0n) is 21.6. The lowest BCUT2D eigenvalue weighted by Gasteiger charge is -2.20. The topological polar surface area (TPSA) is 109 Å². The second-order valence-electron chi connectivity index (χ2n) is 9.55. The first-order chi connectivity index (χ1) is 18.1. The predicted octanol–water partition coefficient (Wildman–Crippen LogP) is 5.74. The molecule has 0 unspecified atom stereocenters. The number of benzene rings is 3. The molecule has 4 rings (SSSR count). The zero-order chi connectivity index (χ0) is 27.3. The number of ether oxygens (including phenoxy) is 2. The van der Waals surface area contributed by atoms with E-state index in [1.807, 2.05) is 58.0 Å². The number of rotatable bonds is 8. The first-order valence-corrected chi connectivity index (χ1v) is 12.1. The molecule has 0 fully saturated rings. The van der Waals surface area contributed by atoms with Crippen LogP contribution in [0, 0.1) is 17.1 Å². The van der Waals surface area contributed by atoms with E-state index in [0.29, 0.717) is 51.9 Å². The molecule has 0 bridgehead atoms. The summed E-state index contributed by atoms with van der Waals surface area (Å²) in [5, 5.41) is 15.7. The molecule has 0 saturated carbocycles. The quantitative estimate of drug-likeness (QED) is 0.309. The van der Waals surface area contributed by atoms with Gasteiger partial charge in [0.2, 0.25) is 0 Å². The summed E-state index contributed by atoms with van der Waals surface area (Å²) >= 11 is 0. The van der Waals surface area contributed by atoms with Gasteiger partial charge in [-0.3, -0.25) is 4.79 Å². The Balaban J connectivity index is 1.69. The molecule has 38 heavy (non-hydrogen) atoms. The maximum atomic E-state index is 14.3. The molecule has 0 aliphatic heterocycles. The van der Waals surface area contributed by atoms with Crippen LogP contribution in [0.3, 0.4) is 0 Å². The molecule has 1 heterocycles. The molecule has 0 spiro atoms. The summed E-state index contributed by atoms with van der Waals surface area (Å²) in [5.74, 6) is 1.12. The van der Waals surface area contributed by atoms with Crippen molar-refractivity contribution in [2.24, 2.45) is 0 Å². The number of nitrogens with zero attached hydrogens (tertiary/aromatic N) is 3. The maximum absolute atomic E-state index is 14.3. The van der Waals surface area contributed by atoms with Crippen LogP contribution in [0.5, 0.6) is 11.5 Å². The van der Waals surface area contributed by atoms with Crippen molar-refractivity contribution in [3.8, 4) is 29.0 Å². The van der Waals surface area contributed by atoms with Gasteiger partial charge in [0.1, 0.15) is 29.2 Å². The Morgan fingerprint density at radius 2 is 1.82 bits per heavy atom. The van der Waals surface area contributed by atoms with Crippen LogP contribution >= 0.6 is 0 Å². The molecule has 0 aliphatic carbocycles. The molecular formula is C29H28FN5O3. The molecule has 194 valence electrons. The number of hydrogen-bond donors (Lipinski definition) is 2. The number of carbonyl (C=O) groups is 1. The van der Waals surface area contributed by atoms with Crippen molar-refractivity contribution in [3.63, 3.8) is 0 Å². The molecule has 3 aromatic carbocycles. The minimum atomic E-state index is -0.633. The van der Waals surface area contributed by atoms with Crippen molar-refractivity contribution in [1.29, 1.82) is 5.26 Å². The highest BCUT2D eigenvalue weighted by Gasteiger charge is 2.15. The van der Waals surface area contributed by atoms with Crippen LogP contribution in [0.15, 0.2) is 60.7 Å². The van der Waals surface area contributed by atoms with Crippen molar-refractivity contribution in [2.75, 3.05) is 18.5 Å². The van der Waals surface area contributed by atoms with Gasteiger partial charge in [-0.2, -0.15) is 5.26 Å². The van der Waals surface area contributed by atoms with Crippen LogP contribution in [0.1, 0.15) is 33.3 Å². The minimum absolute atomic E-state index is 0.0459. The van der Waals surface area contributed by atoms with E-state index in [9.17, 15) is 9.18 Å². The third kappa shape index (κ3) is 6.53. The summed E-state index contributed by atoms with van der Waals surface area (Å²) in [6.45, 7) is 7.96. The van der Waals surface area contributed by atoms with Gasteiger partial charge in [-0.05, 0) is 76.2 Å². The van der Waals surface area contributed by atoms with E-state index in [-0.39, 0.29) is 23.6 Å². The predicted molar refractivity (Wildman–Crippen MR) is 144 cm³/mol. The Morgan fingerprint density at radius 3 is 2.53 bits per heavy atom. The van der Waals surface area contributed by atoms with Gasteiger partial charge in [-0.1, -0.05) is 12.1 Å². The number of aromatic nitrogens is 2. The minimum Gasteiger partial charge on any atom is -0.494 e. The number of fused-ring (bicyclic) bond motifs is 1. The monoisotopic (exact) mass is 513 g/mol. The average molecular weight is 514 g/mol. The van der Waals surface area contributed by atoms with Gasteiger partial charge in [-0.25, -0.2) is 14.4 Å². The molecular weight excluding hydrogens is 485 g/mol. The van der Waals surface area contributed by atoms with Gasteiger partial charge in [0.25, 0.3) is 5.91 Å². The van der Waals surface area contributed by atoms with Gasteiger partial charge in [0.15, 0.2) is 12.4 Å². The summed E-state index contributed by atoms with van der Waals surface area (Å²) in [6, 6.07) is 18.7. The van der Waals surface area contributed by atoms with Gasteiger partial charge in [-0.15, -0.1) is 0 Å². The van der Waals surface area contributed by atoms with Crippen molar-refractivity contribution in [1.82, 2.24) is 15.3 Å². The fourth-order valence-corrected chi connectivity index (χ4v) is 3.74. The summed E-state index contributed by atoms with van der Waals surface area (Å²) in [4.78, 5) is 21.6. The van der Waals surface area contributed by atoms with E-state index in [0.717, 1.165) is 0 Å². The largest absolute Gasteiger partial charge is 0.494 e. The van der Waals surface area contributed by atoms with E-state index >= 15 is 0 Å². The van der Waals surface area contributed by atoms with E-state index in [2.05, 4.69) is 10.6 Å². The first-order valence-electron chi connectivity index (χ1n) is 12.1. The first kappa shape index (κ1) is 26.4. The Bertz CT molecular complexity index is 1530. The van der Waals surface area contributed by atoms with Crippen molar-refractivity contribution >= 4 is 28.3 Å². The normalized spacial score (nSPS) is 11.1. The summed E-state index contributed by atoms with van der Waals surface area (Å²) in [7, 11) is 0.